The van der Waals surface area contributed by atoms with Gasteiger partial charge in [-0.3, -0.25) is 0 Å². The minimum absolute atomic E-state index is 0.555. The zero-order valence-corrected chi connectivity index (χ0v) is 11.9. The zero-order chi connectivity index (χ0) is 14.0. The third-order valence-electron chi connectivity index (χ3n) is 3.30. The van der Waals surface area contributed by atoms with Crippen LogP contribution in [0.1, 0.15) is 22.5 Å². The fraction of sp³-hybridized carbons (Fsp3) is 0.333. The molecule has 2 rings (SSSR count). The number of hydrogen-bond donors (Lipinski definition) is 1. The second-order valence-electron chi connectivity index (χ2n) is 4.89. The van der Waals surface area contributed by atoms with Crippen LogP contribution in [-0.4, -0.2) is 17.0 Å². The van der Waals surface area contributed by atoms with Crippen LogP contribution in [0.3, 0.4) is 0 Å². The Kier molecular flexibility index (Phi) is 3.69. The van der Waals surface area contributed by atoms with E-state index in [1.54, 1.807) is 0 Å². The van der Waals surface area contributed by atoms with Crippen molar-refractivity contribution in [1.29, 1.82) is 0 Å². The van der Waals surface area contributed by atoms with Gasteiger partial charge < -0.3 is 10.6 Å². The lowest BCUT2D eigenvalue weighted by molar-refractivity contribution is 0.867. The number of nitrogens with two attached hydrogens (primary N) is 1. The van der Waals surface area contributed by atoms with Crippen molar-refractivity contribution in [3.05, 3.63) is 46.8 Å². The summed E-state index contributed by atoms with van der Waals surface area (Å²) in [5, 5.41) is 0. The topological polar surface area (TPSA) is 55.0 Å². The summed E-state index contributed by atoms with van der Waals surface area (Å²) in [6.07, 6.45) is 0. The van der Waals surface area contributed by atoms with Gasteiger partial charge >= 0.3 is 0 Å². The van der Waals surface area contributed by atoms with Gasteiger partial charge in [-0.1, -0.05) is 24.3 Å². The Bertz CT molecular complexity index is 593. The first-order chi connectivity index (χ1) is 8.99. The van der Waals surface area contributed by atoms with E-state index < -0.39 is 0 Å². The van der Waals surface area contributed by atoms with Gasteiger partial charge in [0.25, 0.3) is 0 Å². The lowest BCUT2D eigenvalue weighted by atomic mass is 10.1. The molecule has 0 atom stereocenters. The summed E-state index contributed by atoms with van der Waals surface area (Å²) in [6, 6.07) is 8.37. The minimum Gasteiger partial charge on any atom is -0.383 e. The van der Waals surface area contributed by atoms with Crippen LogP contribution in [0.4, 0.5) is 11.6 Å². The van der Waals surface area contributed by atoms with E-state index in [1.165, 1.54) is 11.1 Å². The highest BCUT2D eigenvalue weighted by atomic mass is 15.2. The Morgan fingerprint density at radius 2 is 1.79 bits per heavy atom. The number of rotatable bonds is 3. The maximum Gasteiger partial charge on any atom is 0.137 e. The summed E-state index contributed by atoms with van der Waals surface area (Å²) in [6.45, 7) is 6.75. The number of nitrogen functional groups attached to an aromatic ring is 1. The number of benzene rings is 1. The SMILES string of the molecule is Cc1nc(N)c(C)c(N(C)Cc2ccccc2C)n1. The van der Waals surface area contributed by atoms with Crippen LogP contribution >= 0.6 is 0 Å². The van der Waals surface area contributed by atoms with Gasteiger partial charge in [-0.2, -0.15) is 0 Å². The monoisotopic (exact) mass is 256 g/mol. The van der Waals surface area contributed by atoms with Crippen molar-refractivity contribution in [2.45, 2.75) is 27.3 Å². The quantitative estimate of drug-likeness (QED) is 0.917. The Morgan fingerprint density at radius 3 is 2.47 bits per heavy atom. The maximum absolute atomic E-state index is 5.90. The molecular formula is C15H20N4. The third-order valence-corrected chi connectivity index (χ3v) is 3.30. The van der Waals surface area contributed by atoms with Crippen LogP contribution in [-0.2, 0) is 6.54 Å². The van der Waals surface area contributed by atoms with Gasteiger partial charge in [0.2, 0.25) is 0 Å². The van der Waals surface area contributed by atoms with E-state index in [0.717, 1.165) is 17.9 Å². The molecule has 0 aliphatic rings. The van der Waals surface area contributed by atoms with E-state index in [1.807, 2.05) is 20.9 Å². The molecule has 4 nitrogen and oxygen atoms in total. The largest absolute Gasteiger partial charge is 0.383 e. The summed E-state index contributed by atoms with van der Waals surface area (Å²) in [5.41, 5.74) is 9.41. The summed E-state index contributed by atoms with van der Waals surface area (Å²) in [5.74, 6) is 2.15. The van der Waals surface area contributed by atoms with E-state index >= 15 is 0 Å². The lowest BCUT2D eigenvalue weighted by Crippen LogP contribution is -2.21. The fourth-order valence-corrected chi connectivity index (χ4v) is 2.12. The van der Waals surface area contributed by atoms with Gasteiger partial charge in [0.1, 0.15) is 17.5 Å². The number of aromatic nitrogens is 2. The molecule has 2 N–H and O–H groups in total. The van der Waals surface area contributed by atoms with Crippen LogP contribution in [0.25, 0.3) is 0 Å². The predicted molar refractivity (Wildman–Crippen MR) is 79.2 cm³/mol. The molecule has 0 fully saturated rings. The Hall–Kier alpha value is -2.10. The van der Waals surface area contributed by atoms with Gasteiger partial charge in [0, 0.05) is 19.2 Å². The first kappa shape index (κ1) is 13.3. The Morgan fingerprint density at radius 1 is 1.11 bits per heavy atom. The molecule has 2 aromatic rings. The molecule has 0 bridgehead atoms. The van der Waals surface area contributed by atoms with Crippen molar-refractivity contribution in [2.75, 3.05) is 17.7 Å². The van der Waals surface area contributed by atoms with E-state index in [0.29, 0.717) is 11.6 Å². The van der Waals surface area contributed by atoms with Crippen molar-refractivity contribution >= 4 is 11.6 Å². The van der Waals surface area contributed by atoms with Crippen LogP contribution < -0.4 is 10.6 Å². The predicted octanol–water partition coefficient (Wildman–Crippen LogP) is 2.62. The average Bonchev–Trinajstić information content (AvgIpc) is 2.36. The van der Waals surface area contributed by atoms with Crippen molar-refractivity contribution < 1.29 is 0 Å². The smallest absolute Gasteiger partial charge is 0.137 e. The first-order valence-electron chi connectivity index (χ1n) is 6.35. The summed E-state index contributed by atoms with van der Waals surface area (Å²) < 4.78 is 0. The van der Waals surface area contributed by atoms with E-state index in [2.05, 4.69) is 46.1 Å². The van der Waals surface area contributed by atoms with Gasteiger partial charge in [-0.25, -0.2) is 9.97 Å². The summed E-state index contributed by atoms with van der Waals surface area (Å²) >= 11 is 0. The molecule has 0 aliphatic heterocycles. The minimum atomic E-state index is 0.555. The number of aryl methyl sites for hydroxylation is 2. The summed E-state index contributed by atoms with van der Waals surface area (Å²) in [7, 11) is 2.03. The molecule has 0 saturated carbocycles. The maximum atomic E-state index is 5.90. The normalized spacial score (nSPS) is 10.5. The van der Waals surface area contributed by atoms with Gasteiger partial charge in [-0.05, 0) is 31.9 Å². The number of nitrogens with zero attached hydrogens (tertiary/aromatic N) is 3. The number of hydrogen-bond acceptors (Lipinski definition) is 4. The Balaban J connectivity index is 2.30. The highest BCUT2D eigenvalue weighted by Crippen LogP contribution is 2.22. The molecule has 19 heavy (non-hydrogen) atoms. The van der Waals surface area contributed by atoms with Crippen molar-refractivity contribution in [1.82, 2.24) is 9.97 Å². The third kappa shape index (κ3) is 2.84. The van der Waals surface area contributed by atoms with E-state index in [-0.39, 0.29) is 0 Å². The van der Waals surface area contributed by atoms with E-state index in [4.69, 9.17) is 5.73 Å². The molecule has 0 radical (unpaired) electrons. The molecule has 0 aliphatic carbocycles. The second kappa shape index (κ2) is 5.26. The molecule has 1 aromatic carbocycles. The number of anilines is 2. The van der Waals surface area contributed by atoms with Crippen LogP contribution in [0.2, 0.25) is 0 Å². The molecule has 0 amide bonds. The van der Waals surface area contributed by atoms with Gasteiger partial charge in [0.05, 0.1) is 0 Å². The highest BCUT2D eigenvalue weighted by molar-refractivity contribution is 5.56. The second-order valence-corrected chi connectivity index (χ2v) is 4.89. The molecule has 4 heteroatoms. The molecular weight excluding hydrogens is 236 g/mol. The first-order valence-corrected chi connectivity index (χ1v) is 6.35. The van der Waals surface area contributed by atoms with Crippen LogP contribution in [0.15, 0.2) is 24.3 Å². The van der Waals surface area contributed by atoms with Crippen LogP contribution in [0.5, 0.6) is 0 Å². The zero-order valence-electron chi connectivity index (χ0n) is 11.9. The van der Waals surface area contributed by atoms with Crippen LogP contribution in [0, 0.1) is 20.8 Å². The van der Waals surface area contributed by atoms with Gasteiger partial charge in [-0.15, -0.1) is 0 Å². The standard InChI is InChI=1S/C15H20N4/c1-10-7-5-6-8-13(10)9-19(4)15-11(2)14(16)17-12(3)18-15/h5-8H,9H2,1-4H3,(H2,16,17,18). The molecule has 0 saturated heterocycles. The summed E-state index contributed by atoms with van der Waals surface area (Å²) in [4.78, 5) is 10.8. The molecule has 0 unspecified atom stereocenters. The van der Waals surface area contributed by atoms with Crippen molar-refractivity contribution in [3.63, 3.8) is 0 Å². The van der Waals surface area contributed by atoms with Crippen molar-refractivity contribution in [3.8, 4) is 0 Å². The molecule has 1 heterocycles. The fourth-order valence-electron chi connectivity index (χ4n) is 2.12. The lowest BCUT2D eigenvalue weighted by Gasteiger charge is -2.22. The van der Waals surface area contributed by atoms with Crippen molar-refractivity contribution in [2.24, 2.45) is 0 Å². The highest BCUT2D eigenvalue weighted by Gasteiger charge is 2.12. The van der Waals surface area contributed by atoms with Gasteiger partial charge in [0.15, 0.2) is 0 Å². The molecule has 1 aromatic heterocycles. The molecule has 0 spiro atoms. The van der Waals surface area contributed by atoms with E-state index in [9.17, 15) is 0 Å². The average molecular weight is 256 g/mol. The Labute approximate surface area is 114 Å². The molecule has 100 valence electrons.